The molecule has 3 atom stereocenters. The lowest BCUT2D eigenvalue weighted by molar-refractivity contribution is -0.0928. The van der Waals surface area contributed by atoms with Gasteiger partial charge in [-0.25, -0.2) is 17.8 Å². The Labute approximate surface area is 201 Å². The van der Waals surface area contributed by atoms with Crippen LogP contribution in [0.4, 0.5) is 16.2 Å². The molecule has 1 aliphatic carbocycles. The summed E-state index contributed by atoms with van der Waals surface area (Å²) in [6.07, 6.45) is 1.40. The molecule has 1 saturated carbocycles. The number of aromatic nitrogens is 2. The zero-order chi connectivity index (χ0) is 23.6. The Morgan fingerprint density at radius 1 is 1.27 bits per heavy atom. The molecule has 3 aliphatic heterocycles. The molecule has 2 bridgehead atoms. The van der Waals surface area contributed by atoms with Gasteiger partial charge in [-0.15, -0.1) is 0 Å². The van der Waals surface area contributed by atoms with Crippen LogP contribution in [0.5, 0.6) is 0 Å². The van der Waals surface area contributed by atoms with Crippen LogP contribution in [0.15, 0.2) is 16.6 Å². The van der Waals surface area contributed by atoms with E-state index in [4.69, 9.17) is 9.47 Å². The van der Waals surface area contributed by atoms with Gasteiger partial charge in [0, 0.05) is 31.0 Å². The van der Waals surface area contributed by atoms with E-state index in [-0.39, 0.29) is 29.1 Å². The summed E-state index contributed by atoms with van der Waals surface area (Å²) in [6, 6.07) is 3.02. The quantitative estimate of drug-likeness (QED) is 0.548. The molecule has 180 valence electrons. The van der Waals surface area contributed by atoms with Crippen molar-refractivity contribution in [3.8, 4) is 0 Å². The molecule has 0 amide bonds. The molecule has 33 heavy (non-hydrogen) atoms. The van der Waals surface area contributed by atoms with Crippen molar-refractivity contribution in [2.45, 2.75) is 37.9 Å². The number of fused-ring (bicyclic) bond motifs is 2. The van der Waals surface area contributed by atoms with Crippen molar-refractivity contribution in [1.29, 1.82) is 0 Å². The Bertz CT molecular complexity index is 1220. The highest BCUT2D eigenvalue weighted by Crippen LogP contribution is 2.62. The number of rotatable bonds is 7. The average Bonchev–Trinajstić information content (AvgIpc) is 3.42. The number of nitrogens with zero attached hydrogens (tertiary/aromatic N) is 2. The van der Waals surface area contributed by atoms with Crippen LogP contribution in [-0.4, -0.2) is 67.9 Å². The van der Waals surface area contributed by atoms with E-state index in [0.29, 0.717) is 46.0 Å². The maximum absolute atomic E-state index is 14.4. The Hall–Kier alpha value is -1.56. The van der Waals surface area contributed by atoms with E-state index in [0.717, 1.165) is 13.0 Å². The number of hydrogen-bond acceptors (Lipinski definition) is 8. The van der Waals surface area contributed by atoms with Crippen LogP contribution in [0.25, 0.3) is 10.9 Å². The Morgan fingerprint density at radius 2 is 2.06 bits per heavy atom. The van der Waals surface area contributed by atoms with Crippen molar-refractivity contribution in [3.63, 3.8) is 0 Å². The van der Waals surface area contributed by atoms with Gasteiger partial charge in [0.2, 0.25) is 5.95 Å². The number of sulfone groups is 1. The van der Waals surface area contributed by atoms with Gasteiger partial charge in [0.15, 0.2) is 9.84 Å². The van der Waals surface area contributed by atoms with Crippen molar-refractivity contribution in [3.05, 3.63) is 22.4 Å². The third-order valence-corrected chi connectivity index (χ3v) is 10.4. The summed E-state index contributed by atoms with van der Waals surface area (Å²) >= 11 is 3.23. The van der Waals surface area contributed by atoms with Gasteiger partial charge < -0.3 is 20.1 Å². The molecular formula is C22H28BrFN4O4S. The van der Waals surface area contributed by atoms with Crippen molar-refractivity contribution in [1.82, 2.24) is 9.97 Å². The molecule has 8 nitrogen and oxygen atoms in total. The van der Waals surface area contributed by atoms with Crippen LogP contribution in [0.1, 0.15) is 26.7 Å². The van der Waals surface area contributed by atoms with Gasteiger partial charge in [-0.2, -0.15) is 4.98 Å². The Morgan fingerprint density at radius 3 is 2.67 bits per heavy atom. The highest BCUT2D eigenvalue weighted by atomic mass is 79.9. The molecule has 2 N–H and O–H groups in total. The molecule has 4 fully saturated rings. The van der Waals surface area contributed by atoms with Gasteiger partial charge in [-0.1, -0.05) is 13.8 Å². The van der Waals surface area contributed by atoms with Crippen LogP contribution in [0.2, 0.25) is 0 Å². The van der Waals surface area contributed by atoms with Crippen molar-refractivity contribution in [2.24, 2.45) is 11.3 Å². The maximum Gasteiger partial charge on any atom is 0.225 e. The molecule has 3 unspecified atom stereocenters. The van der Waals surface area contributed by atoms with Crippen LogP contribution < -0.4 is 10.6 Å². The molecular weight excluding hydrogens is 515 g/mol. The van der Waals surface area contributed by atoms with E-state index in [9.17, 15) is 12.8 Å². The normalized spacial score (nSPS) is 31.5. The SMILES string of the molecule is COC1(CNc2nc(NCC34CC(CO3)C4(C)C)c3cc(F)c(Br)cc3n2)CCS(=O)(=O)C1. The second-order valence-corrected chi connectivity index (χ2v) is 13.1. The summed E-state index contributed by atoms with van der Waals surface area (Å²) < 4.78 is 50.4. The molecule has 6 rings (SSSR count). The van der Waals surface area contributed by atoms with Crippen molar-refractivity contribution in [2.75, 3.05) is 48.9 Å². The largest absolute Gasteiger partial charge is 0.375 e. The fraction of sp³-hybridized carbons (Fsp3) is 0.636. The summed E-state index contributed by atoms with van der Waals surface area (Å²) in [5.74, 6) is 1.03. The first-order valence-electron chi connectivity index (χ1n) is 11.0. The number of nitrogens with one attached hydrogen (secondary N) is 2. The maximum atomic E-state index is 14.4. The average molecular weight is 543 g/mol. The van der Waals surface area contributed by atoms with Gasteiger partial charge in [-0.05, 0) is 46.8 Å². The minimum Gasteiger partial charge on any atom is -0.375 e. The van der Waals surface area contributed by atoms with Gasteiger partial charge >= 0.3 is 0 Å². The lowest BCUT2D eigenvalue weighted by Gasteiger charge is -2.52. The van der Waals surface area contributed by atoms with Gasteiger partial charge in [0.05, 0.1) is 39.3 Å². The molecule has 11 heteroatoms. The molecule has 0 radical (unpaired) electrons. The number of halogens is 2. The smallest absolute Gasteiger partial charge is 0.225 e. The second-order valence-electron chi connectivity index (χ2n) is 10.0. The number of methoxy groups -OCH3 is 1. The summed E-state index contributed by atoms with van der Waals surface area (Å²) in [5.41, 5.74) is -0.467. The van der Waals surface area contributed by atoms with E-state index >= 15 is 0 Å². The summed E-state index contributed by atoms with van der Waals surface area (Å²) in [6.45, 7) is 6.00. The van der Waals surface area contributed by atoms with Crippen molar-refractivity contribution < 1.29 is 22.3 Å². The summed E-state index contributed by atoms with van der Waals surface area (Å²) in [7, 11) is -1.62. The molecule has 1 aromatic carbocycles. The van der Waals surface area contributed by atoms with Gasteiger partial charge in [-0.3, -0.25) is 0 Å². The number of hydrogen-bond donors (Lipinski definition) is 2. The number of anilines is 2. The number of benzene rings is 1. The first-order valence-corrected chi connectivity index (χ1v) is 13.6. The third-order valence-electron chi connectivity index (χ3n) is 7.96. The third kappa shape index (κ3) is 3.81. The minimum atomic E-state index is -3.14. The van der Waals surface area contributed by atoms with E-state index in [1.54, 1.807) is 6.07 Å². The van der Waals surface area contributed by atoms with Crippen LogP contribution >= 0.6 is 15.9 Å². The van der Waals surface area contributed by atoms with Gasteiger partial charge in [0.25, 0.3) is 0 Å². The summed E-state index contributed by atoms with van der Waals surface area (Å²) in [5, 5.41) is 7.11. The minimum absolute atomic E-state index is 0.0466. The predicted molar refractivity (Wildman–Crippen MR) is 128 cm³/mol. The topological polar surface area (TPSA) is 102 Å². The lowest BCUT2D eigenvalue weighted by Crippen LogP contribution is -2.58. The summed E-state index contributed by atoms with van der Waals surface area (Å²) in [4.78, 5) is 9.16. The van der Waals surface area contributed by atoms with Crippen molar-refractivity contribution >= 4 is 48.4 Å². The monoisotopic (exact) mass is 542 g/mol. The van der Waals surface area contributed by atoms with Gasteiger partial charge in [0.1, 0.15) is 11.6 Å². The van der Waals surface area contributed by atoms with Crippen LogP contribution in [-0.2, 0) is 19.3 Å². The Balaban J connectivity index is 1.43. The molecule has 3 saturated heterocycles. The van der Waals surface area contributed by atoms with Crippen LogP contribution in [0.3, 0.4) is 0 Å². The van der Waals surface area contributed by atoms with E-state index in [1.807, 2.05) is 0 Å². The lowest BCUT2D eigenvalue weighted by atomic mass is 9.54. The molecule has 4 aliphatic rings. The van der Waals surface area contributed by atoms with E-state index in [1.165, 1.54) is 13.2 Å². The second kappa shape index (κ2) is 7.73. The molecule has 0 spiro atoms. The fourth-order valence-corrected chi connectivity index (χ4v) is 7.67. The highest BCUT2D eigenvalue weighted by molar-refractivity contribution is 9.10. The zero-order valence-electron chi connectivity index (χ0n) is 18.9. The zero-order valence-corrected chi connectivity index (χ0v) is 21.3. The predicted octanol–water partition coefficient (Wildman–Crippen LogP) is 3.37. The number of ether oxygens (including phenoxy) is 2. The highest BCUT2D eigenvalue weighted by Gasteiger charge is 2.66. The first-order chi connectivity index (χ1) is 15.5. The van der Waals surface area contributed by atoms with Crippen LogP contribution in [0, 0.1) is 17.2 Å². The fourth-order valence-electron chi connectivity index (χ4n) is 5.34. The molecule has 1 aromatic heterocycles. The first kappa shape index (κ1) is 23.2. The Kier molecular flexibility index (Phi) is 5.43. The molecule has 4 heterocycles. The molecule has 2 aromatic rings. The standard InChI is InChI=1S/C22H28BrFN4O4S/c1-20(2)13-8-22(20,32-9-13)11-25-18-14-6-16(24)15(23)7-17(14)27-19(28-18)26-10-21(31-3)4-5-33(29,30)12-21/h6-7,13H,4-5,8-12H2,1-3H3,(H2,25,26,27,28). The van der Waals surface area contributed by atoms with E-state index in [2.05, 4.69) is 50.4 Å². The van der Waals surface area contributed by atoms with E-state index < -0.39 is 21.3 Å².